The van der Waals surface area contributed by atoms with E-state index in [1.807, 2.05) is 18.2 Å². The van der Waals surface area contributed by atoms with Crippen LogP contribution in [0.4, 0.5) is 0 Å². The molecule has 108 valence electrons. The smallest absolute Gasteiger partial charge is 0.227 e. The number of nitrogens with one attached hydrogen (secondary N) is 2. The van der Waals surface area contributed by atoms with Gasteiger partial charge >= 0.3 is 0 Å². The molecule has 3 nitrogen and oxygen atoms in total. The molecule has 2 aliphatic heterocycles. The maximum absolute atomic E-state index is 12.5. The van der Waals surface area contributed by atoms with Crippen LogP contribution in [0.5, 0.6) is 0 Å². The predicted octanol–water partition coefficient (Wildman–Crippen LogP) is 2.58. The highest BCUT2D eigenvalue weighted by Gasteiger charge is 2.34. The number of hydrogen-bond acceptors (Lipinski definition) is 2. The number of carbonyl (C=O) groups is 1. The van der Waals surface area contributed by atoms with Crippen molar-refractivity contribution in [3.63, 3.8) is 0 Å². The molecule has 0 saturated carbocycles. The molecular formula is C17H24N2O. The fourth-order valence-electron chi connectivity index (χ4n) is 3.73. The Morgan fingerprint density at radius 2 is 1.90 bits per heavy atom. The molecule has 2 saturated heterocycles. The first-order valence-corrected chi connectivity index (χ1v) is 7.87. The molecule has 20 heavy (non-hydrogen) atoms. The van der Waals surface area contributed by atoms with Crippen molar-refractivity contribution in [1.82, 2.24) is 10.6 Å². The Kier molecular flexibility index (Phi) is 4.06. The quantitative estimate of drug-likeness (QED) is 0.884. The molecule has 3 unspecified atom stereocenters. The van der Waals surface area contributed by atoms with E-state index >= 15 is 0 Å². The summed E-state index contributed by atoms with van der Waals surface area (Å²) in [6, 6.07) is 11.7. The number of amides is 1. The lowest BCUT2D eigenvalue weighted by atomic mass is 9.93. The van der Waals surface area contributed by atoms with Crippen molar-refractivity contribution in [3.8, 4) is 0 Å². The molecular weight excluding hydrogens is 248 g/mol. The van der Waals surface area contributed by atoms with Gasteiger partial charge in [-0.2, -0.15) is 0 Å². The second kappa shape index (κ2) is 5.96. The number of fused-ring (bicyclic) bond motifs is 2. The number of piperidine rings is 1. The van der Waals surface area contributed by atoms with Gasteiger partial charge in [-0.15, -0.1) is 0 Å². The minimum absolute atomic E-state index is 0.0104. The molecule has 2 aliphatic rings. The summed E-state index contributed by atoms with van der Waals surface area (Å²) in [5, 5.41) is 6.91. The van der Waals surface area contributed by atoms with Gasteiger partial charge in [0.2, 0.25) is 5.91 Å². The first-order chi connectivity index (χ1) is 9.76. The zero-order valence-corrected chi connectivity index (χ0v) is 12.1. The van der Waals surface area contributed by atoms with E-state index in [0.717, 1.165) is 24.8 Å². The van der Waals surface area contributed by atoms with Crippen molar-refractivity contribution in [3.05, 3.63) is 35.9 Å². The number of carbonyl (C=O) groups excluding carboxylic acids is 1. The summed E-state index contributed by atoms with van der Waals surface area (Å²) < 4.78 is 0. The van der Waals surface area contributed by atoms with Gasteiger partial charge in [-0.05, 0) is 37.7 Å². The van der Waals surface area contributed by atoms with Gasteiger partial charge < -0.3 is 10.6 Å². The topological polar surface area (TPSA) is 41.1 Å². The molecule has 2 bridgehead atoms. The summed E-state index contributed by atoms with van der Waals surface area (Å²) in [4.78, 5) is 12.5. The average molecular weight is 272 g/mol. The highest BCUT2D eigenvalue weighted by atomic mass is 16.1. The van der Waals surface area contributed by atoms with Crippen LogP contribution in [0.1, 0.15) is 50.5 Å². The number of rotatable bonds is 4. The van der Waals surface area contributed by atoms with Crippen molar-refractivity contribution in [2.24, 2.45) is 0 Å². The van der Waals surface area contributed by atoms with Crippen LogP contribution in [0.2, 0.25) is 0 Å². The summed E-state index contributed by atoms with van der Waals surface area (Å²) in [5.41, 5.74) is 1.13. The Morgan fingerprint density at radius 3 is 2.50 bits per heavy atom. The molecule has 0 aliphatic carbocycles. The van der Waals surface area contributed by atoms with Gasteiger partial charge in [0.1, 0.15) is 0 Å². The van der Waals surface area contributed by atoms with Gasteiger partial charge in [-0.3, -0.25) is 4.79 Å². The summed E-state index contributed by atoms with van der Waals surface area (Å²) in [7, 11) is 0. The molecule has 2 N–H and O–H groups in total. The van der Waals surface area contributed by atoms with Crippen molar-refractivity contribution in [1.29, 1.82) is 0 Å². The Bertz CT molecular complexity index is 447. The van der Waals surface area contributed by atoms with E-state index in [9.17, 15) is 4.79 Å². The predicted molar refractivity (Wildman–Crippen MR) is 80.6 cm³/mol. The lowest BCUT2D eigenvalue weighted by molar-refractivity contribution is -0.123. The third-order valence-electron chi connectivity index (χ3n) is 4.75. The van der Waals surface area contributed by atoms with Crippen LogP contribution in [-0.4, -0.2) is 24.0 Å². The molecule has 2 fully saturated rings. The summed E-state index contributed by atoms with van der Waals surface area (Å²) >= 11 is 0. The molecule has 1 aromatic carbocycles. The highest BCUT2D eigenvalue weighted by molar-refractivity contribution is 5.83. The first kappa shape index (κ1) is 13.6. The van der Waals surface area contributed by atoms with E-state index in [0.29, 0.717) is 18.1 Å². The molecule has 1 amide bonds. The van der Waals surface area contributed by atoms with Crippen LogP contribution in [0.25, 0.3) is 0 Å². The van der Waals surface area contributed by atoms with E-state index in [1.165, 1.54) is 12.8 Å². The Labute approximate surface area is 121 Å². The van der Waals surface area contributed by atoms with E-state index in [1.54, 1.807) is 0 Å². The first-order valence-electron chi connectivity index (χ1n) is 7.87. The largest absolute Gasteiger partial charge is 0.353 e. The maximum Gasteiger partial charge on any atom is 0.227 e. The second-order valence-electron chi connectivity index (χ2n) is 6.19. The lowest BCUT2D eigenvalue weighted by Gasteiger charge is -2.31. The van der Waals surface area contributed by atoms with Crippen molar-refractivity contribution >= 4 is 5.91 Å². The monoisotopic (exact) mass is 272 g/mol. The molecule has 3 heteroatoms. The fraction of sp³-hybridized carbons (Fsp3) is 0.588. The van der Waals surface area contributed by atoms with Gasteiger partial charge in [0.05, 0.1) is 5.92 Å². The van der Waals surface area contributed by atoms with E-state index < -0.39 is 0 Å². The van der Waals surface area contributed by atoms with Crippen LogP contribution in [0.15, 0.2) is 30.3 Å². The van der Waals surface area contributed by atoms with Crippen LogP contribution in [-0.2, 0) is 4.79 Å². The van der Waals surface area contributed by atoms with E-state index in [-0.39, 0.29) is 11.8 Å². The van der Waals surface area contributed by atoms with Gasteiger partial charge in [0, 0.05) is 18.1 Å². The fourth-order valence-corrected chi connectivity index (χ4v) is 3.73. The zero-order chi connectivity index (χ0) is 13.9. The maximum atomic E-state index is 12.5. The van der Waals surface area contributed by atoms with E-state index in [2.05, 4.69) is 29.7 Å². The summed E-state index contributed by atoms with van der Waals surface area (Å²) in [5.74, 6) is 0.189. The second-order valence-corrected chi connectivity index (χ2v) is 6.19. The van der Waals surface area contributed by atoms with Crippen molar-refractivity contribution < 1.29 is 4.79 Å². The van der Waals surface area contributed by atoms with Gasteiger partial charge in [-0.25, -0.2) is 0 Å². The number of hydrogen-bond donors (Lipinski definition) is 2. The standard InChI is InChI=1S/C17H24N2O/c1-2-16(12-6-4-3-5-7-12)17(20)19-15-10-13-8-9-14(11-15)18-13/h3-7,13-16,18H,2,8-11H2,1H3,(H,19,20). The van der Waals surface area contributed by atoms with Crippen molar-refractivity contribution in [2.45, 2.75) is 63.1 Å². The Balaban J connectivity index is 1.63. The van der Waals surface area contributed by atoms with Crippen LogP contribution < -0.4 is 10.6 Å². The molecule has 2 heterocycles. The molecule has 0 aromatic heterocycles. The Hall–Kier alpha value is -1.35. The van der Waals surface area contributed by atoms with Gasteiger partial charge in [0.25, 0.3) is 0 Å². The lowest BCUT2D eigenvalue weighted by Crippen LogP contribution is -2.49. The average Bonchev–Trinajstić information content (AvgIpc) is 2.80. The molecule has 1 aromatic rings. The minimum atomic E-state index is -0.0104. The summed E-state index contributed by atoms with van der Waals surface area (Å²) in [6.07, 6.45) is 5.58. The number of benzene rings is 1. The van der Waals surface area contributed by atoms with Gasteiger partial charge in [0.15, 0.2) is 0 Å². The van der Waals surface area contributed by atoms with Crippen LogP contribution >= 0.6 is 0 Å². The van der Waals surface area contributed by atoms with Crippen LogP contribution in [0.3, 0.4) is 0 Å². The zero-order valence-electron chi connectivity index (χ0n) is 12.1. The normalized spacial score (nSPS) is 29.9. The summed E-state index contributed by atoms with van der Waals surface area (Å²) in [6.45, 7) is 2.09. The molecule has 3 atom stereocenters. The van der Waals surface area contributed by atoms with Crippen LogP contribution in [0, 0.1) is 0 Å². The SMILES string of the molecule is CCC(C(=O)NC1CC2CCC(C1)N2)c1ccccc1. The van der Waals surface area contributed by atoms with E-state index in [4.69, 9.17) is 0 Å². The van der Waals surface area contributed by atoms with Crippen molar-refractivity contribution in [2.75, 3.05) is 0 Å². The third kappa shape index (κ3) is 2.88. The highest BCUT2D eigenvalue weighted by Crippen LogP contribution is 2.27. The minimum Gasteiger partial charge on any atom is -0.353 e. The van der Waals surface area contributed by atoms with Gasteiger partial charge in [-0.1, -0.05) is 37.3 Å². The third-order valence-corrected chi connectivity index (χ3v) is 4.75. The molecule has 3 rings (SSSR count). The Morgan fingerprint density at radius 1 is 1.25 bits per heavy atom. The molecule has 0 radical (unpaired) electrons. The molecule has 0 spiro atoms.